The van der Waals surface area contributed by atoms with Crippen molar-refractivity contribution >= 4 is 5.91 Å². The molecule has 0 saturated heterocycles. The van der Waals surface area contributed by atoms with Crippen molar-refractivity contribution in [2.75, 3.05) is 13.1 Å². The highest BCUT2D eigenvalue weighted by molar-refractivity contribution is 5.93. The van der Waals surface area contributed by atoms with E-state index in [4.69, 9.17) is 0 Å². The lowest BCUT2D eigenvalue weighted by Gasteiger charge is -2.19. The van der Waals surface area contributed by atoms with E-state index in [1.807, 2.05) is 38.7 Å². The van der Waals surface area contributed by atoms with Gasteiger partial charge in [-0.05, 0) is 27.2 Å². The summed E-state index contributed by atoms with van der Waals surface area (Å²) in [5, 5.41) is 0. The average Bonchev–Trinajstić information content (AvgIpc) is 2.09. The zero-order chi connectivity index (χ0) is 9.56. The Morgan fingerprint density at radius 3 is 2.00 bits per heavy atom. The van der Waals surface area contributed by atoms with Crippen molar-refractivity contribution in [3.8, 4) is 0 Å². The van der Waals surface area contributed by atoms with Crippen LogP contribution in [-0.2, 0) is 4.79 Å². The van der Waals surface area contributed by atoms with Crippen LogP contribution >= 0.6 is 0 Å². The monoisotopic (exact) mass is 169 g/mol. The summed E-state index contributed by atoms with van der Waals surface area (Å²) in [5.74, 6) is 0.185. The second-order valence-electron chi connectivity index (χ2n) is 2.64. The van der Waals surface area contributed by atoms with Crippen LogP contribution in [0.2, 0.25) is 0 Å². The molecule has 0 N–H and O–H groups in total. The van der Waals surface area contributed by atoms with E-state index in [2.05, 4.69) is 0 Å². The molecule has 0 aromatic heterocycles. The Morgan fingerprint density at radius 2 is 1.75 bits per heavy atom. The van der Waals surface area contributed by atoms with Crippen LogP contribution in [0, 0.1) is 0 Å². The summed E-state index contributed by atoms with van der Waals surface area (Å²) in [7, 11) is 0. The molecule has 0 aromatic carbocycles. The van der Waals surface area contributed by atoms with Crippen LogP contribution in [0.4, 0.5) is 0 Å². The Hall–Kier alpha value is -0.790. The summed E-state index contributed by atoms with van der Waals surface area (Å²) in [4.78, 5) is 13.5. The van der Waals surface area contributed by atoms with Crippen molar-refractivity contribution in [3.05, 3.63) is 11.6 Å². The number of amides is 1. The second kappa shape index (κ2) is 5.81. The molecule has 0 fully saturated rings. The largest absolute Gasteiger partial charge is 0.339 e. The predicted molar refractivity (Wildman–Crippen MR) is 52.0 cm³/mol. The maximum absolute atomic E-state index is 11.6. The summed E-state index contributed by atoms with van der Waals surface area (Å²) >= 11 is 0. The molecule has 0 aromatic rings. The number of rotatable bonds is 4. The molecule has 2 nitrogen and oxygen atoms in total. The maximum atomic E-state index is 11.6. The maximum Gasteiger partial charge on any atom is 0.249 e. The number of hydrogen-bond acceptors (Lipinski definition) is 1. The van der Waals surface area contributed by atoms with Gasteiger partial charge in [0.25, 0.3) is 0 Å². The Bertz CT molecular complexity index is 169. The molecule has 0 bridgehead atoms. The van der Waals surface area contributed by atoms with Crippen LogP contribution in [0.3, 0.4) is 0 Å². The highest BCUT2D eigenvalue weighted by Gasteiger charge is 2.11. The van der Waals surface area contributed by atoms with Crippen LogP contribution in [0.1, 0.15) is 34.1 Å². The van der Waals surface area contributed by atoms with Gasteiger partial charge in [-0.1, -0.05) is 13.0 Å². The van der Waals surface area contributed by atoms with E-state index in [9.17, 15) is 4.79 Å². The molecule has 1 amide bonds. The topological polar surface area (TPSA) is 20.3 Å². The van der Waals surface area contributed by atoms with Gasteiger partial charge in [0.1, 0.15) is 0 Å². The zero-order valence-electron chi connectivity index (χ0n) is 8.55. The quantitative estimate of drug-likeness (QED) is 0.591. The standard InChI is InChI=1S/C10H19NO/c1-5-9(6-2)10(12)11(7-3)8-4/h5H,6-8H2,1-4H3/b9-5+. The van der Waals surface area contributed by atoms with E-state index in [0.717, 1.165) is 25.1 Å². The first-order valence-electron chi connectivity index (χ1n) is 4.65. The molecule has 0 aliphatic heterocycles. The van der Waals surface area contributed by atoms with Crippen LogP contribution in [0.15, 0.2) is 11.6 Å². The van der Waals surface area contributed by atoms with Gasteiger partial charge in [0.2, 0.25) is 5.91 Å². The Kier molecular flexibility index (Phi) is 5.43. The molecule has 70 valence electrons. The predicted octanol–water partition coefficient (Wildman–Crippen LogP) is 2.21. The van der Waals surface area contributed by atoms with Gasteiger partial charge in [-0.3, -0.25) is 4.79 Å². The van der Waals surface area contributed by atoms with E-state index in [1.54, 1.807) is 0 Å². The zero-order valence-corrected chi connectivity index (χ0v) is 8.55. The molecule has 0 aliphatic carbocycles. The van der Waals surface area contributed by atoms with Crippen molar-refractivity contribution in [1.82, 2.24) is 4.90 Å². The lowest BCUT2D eigenvalue weighted by molar-refractivity contribution is -0.126. The van der Waals surface area contributed by atoms with Crippen LogP contribution in [0.5, 0.6) is 0 Å². The molecule has 0 spiro atoms. The van der Waals surface area contributed by atoms with E-state index in [1.165, 1.54) is 0 Å². The first-order valence-corrected chi connectivity index (χ1v) is 4.65. The molecule has 0 rings (SSSR count). The summed E-state index contributed by atoms with van der Waals surface area (Å²) in [5.41, 5.74) is 0.915. The lowest BCUT2D eigenvalue weighted by Crippen LogP contribution is -2.31. The van der Waals surface area contributed by atoms with Gasteiger partial charge in [-0.2, -0.15) is 0 Å². The number of nitrogens with zero attached hydrogens (tertiary/aromatic N) is 1. The smallest absolute Gasteiger partial charge is 0.249 e. The number of likely N-dealkylation sites (N-methyl/N-ethyl adjacent to an activating group) is 1. The first kappa shape index (κ1) is 11.2. The fourth-order valence-electron chi connectivity index (χ4n) is 1.19. The van der Waals surface area contributed by atoms with Crippen LogP contribution in [-0.4, -0.2) is 23.9 Å². The molecule has 2 heteroatoms. The minimum Gasteiger partial charge on any atom is -0.339 e. The van der Waals surface area contributed by atoms with Gasteiger partial charge in [0, 0.05) is 18.7 Å². The van der Waals surface area contributed by atoms with Crippen molar-refractivity contribution < 1.29 is 4.79 Å². The summed E-state index contributed by atoms with van der Waals surface area (Å²) < 4.78 is 0. The molecule has 0 unspecified atom stereocenters. The van der Waals surface area contributed by atoms with Gasteiger partial charge in [-0.15, -0.1) is 0 Å². The second-order valence-corrected chi connectivity index (χ2v) is 2.64. The van der Waals surface area contributed by atoms with Crippen molar-refractivity contribution in [1.29, 1.82) is 0 Å². The number of hydrogen-bond donors (Lipinski definition) is 0. The van der Waals surface area contributed by atoms with Crippen molar-refractivity contribution in [3.63, 3.8) is 0 Å². The SMILES string of the molecule is C/C=C(\CC)C(=O)N(CC)CC. The summed E-state index contributed by atoms with van der Waals surface area (Å²) in [6, 6.07) is 0. The van der Waals surface area contributed by atoms with Gasteiger partial charge in [0.05, 0.1) is 0 Å². The Morgan fingerprint density at radius 1 is 1.25 bits per heavy atom. The fourth-order valence-corrected chi connectivity index (χ4v) is 1.19. The van der Waals surface area contributed by atoms with E-state index in [0.29, 0.717) is 0 Å². The van der Waals surface area contributed by atoms with E-state index in [-0.39, 0.29) is 5.91 Å². The van der Waals surface area contributed by atoms with E-state index >= 15 is 0 Å². The first-order chi connectivity index (χ1) is 5.71. The van der Waals surface area contributed by atoms with Gasteiger partial charge >= 0.3 is 0 Å². The molecule has 0 atom stereocenters. The number of allylic oxidation sites excluding steroid dienone is 1. The van der Waals surface area contributed by atoms with Crippen LogP contribution in [0.25, 0.3) is 0 Å². The Balaban J connectivity index is 4.34. The molecular weight excluding hydrogens is 150 g/mol. The minimum absolute atomic E-state index is 0.185. The third-order valence-electron chi connectivity index (χ3n) is 2.05. The minimum atomic E-state index is 0.185. The Labute approximate surface area is 75.3 Å². The number of carbonyl (C=O) groups is 1. The highest BCUT2D eigenvalue weighted by atomic mass is 16.2. The van der Waals surface area contributed by atoms with Gasteiger partial charge in [0.15, 0.2) is 0 Å². The molecule has 0 saturated carbocycles. The van der Waals surface area contributed by atoms with Crippen LogP contribution < -0.4 is 0 Å². The normalized spacial score (nSPS) is 11.5. The van der Waals surface area contributed by atoms with Crippen molar-refractivity contribution in [2.45, 2.75) is 34.1 Å². The molecule has 0 aliphatic rings. The molecule has 0 heterocycles. The van der Waals surface area contributed by atoms with Gasteiger partial charge in [-0.25, -0.2) is 0 Å². The van der Waals surface area contributed by atoms with E-state index < -0.39 is 0 Å². The summed E-state index contributed by atoms with van der Waals surface area (Å²) in [6.07, 6.45) is 2.73. The molecular formula is C10H19NO. The molecule has 0 radical (unpaired) electrons. The number of carbonyl (C=O) groups excluding carboxylic acids is 1. The lowest BCUT2D eigenvalue weighted by atomic mass is 10.1. The van der Waals surface area contributed by atoms with Crippen molar-refractivity contribution in [2.24, 2.45) is 0 Å². The third-order valence-corrected chi connectivity index (χ3v) is 2.05. The van der Waals surface area contributed by atoms with Gasteiger partial charge < -0.3 is 4.90 Å². The highest BCUT2D eigenvalue weighted by Crippen LogP contribution is 2.05. The average molecular weight is 169 g/mol. The fraction of sp³-hybridized carbons (Fsp3) is 0.700. The molecule has 12 heavy (non-hydrogen) atoms. The third kappa shape index (κ3) is 2.68. The summed E-state index contributed by atoms with van der Waals surface area (Å²) in [6.45, 7) is 9.53.